The quantitative estimate of drug-likeness (QED) is 0.847. The zero-order valence-corrected chi connectivity index (χ0v) is 11.5. The van der Waals surface area contributed by atoms with Crippen LogP contribution in [0.2, 0.25) is 0 Å². The zero-order chi connectivity index (χ0) is 13.4. The van der Waals surface area contributed by atoms with Gasteiger partial charge in [-0.1, -0.05) is 30.3 Å². The minimum absolute atomic E-state index is 0.704. The van der Waals surface area contributed by atoms with Crippen LogP contribution in [0.3, 0.4) is 0 Å². The third-order valence-corrected chi connectivity index (χ3v) is 4.43. The second kappa shape index (κ2) is 5.02. The van der Waals surface area contributed by atoms with E-state index in [-0.39, 0.29) is 0 Å². The molecule has 2 fully saturated rings. The molecule has 4 nitrogen and oxygen atoms in total. The van der Waals surface area contributed by atoms with E-state index in [2.05, 4.69) is 32.9 Å². The third-order valence-electron chi connectivity index (χ3n) is 4.43. The Labute approximate surface area is 119 Å². The van der Waals surface area contributed by atoms with Crippen LogP contribution in [-0.2, 0) is 6.54 Å². The number of hydrogen-bond donors (Lipinski definition) is 2. The van der Waals surface area contributed by atoms with E-state index in [1.165, 1.54) is 25.7 Å². The Morgan fingerprint density at radius 3 is 2.40 bits per heavy atom. The lowest BCUT2D eigenvalue weighted by atomic mass is 10.1. The summed E-state index contributed by atoms with van der Waals surface area (Å²) in [6, 6.07) is 11.0. The number of nitrogens with one attached hydrogen (secondary N) is 2. The van der Waals surface area contributed by atoms with Gasteiger partial charge >= 0.3 is 0 Å². The van der Waals surface area contributed by atoms with Gasteiger partial charge in [-0.15, -0.1) is 0 Å². The molecule has 0 unspecified atom stereocenters. The summed E-state index contributed by atoms with van der Waals surface area (Å²) in [7, 11) is 0. The summed E-state index contributed by atoms with van der Waals surface area (Å²) >= 11 is 0. The fourth-order valence-corrected chi connectivity index (χ4v) is 3.05. The molecule has 0 radical (unpaired) electrons. The molecule has 4 heteroatoms. The van der Waals surface area contributed by atoms with Crippen molar-refractivity contribution >= 4 is 0 Å². The highest BCUT2D eigenvalue weighted by atomic mass is 15.3. The highest BCUT2D eigenvalue weighted by Crippen LogP contribution is 2.44. The van der Waals surface area contributed by atoms with Gasteiger partial charge in [0, 0.05) is 18.2 Å². The molecular weight excluding hydrogens is 248 g/mol. The third kappa shape index (κ3) is 2.48. The summed E-state index contributed by atoms with van der Waals surface area (Å²) in [5.74, 6) is 1.82. The van der Waals surface area contributed by atoms with Crippen LogP contribution >= 0.6 is 0 Å². The Balaban J connectivity index is 1.48. The number of H-pyrrole nitrogens is 1. The predicted octanol–water partition coefficient (Wildman–Crippen LogP) is 2.75. The highest BCUT2D eigenvalue weighted by Gasteiger charge is 2.41. The average molecular weight is 268 g/mol. The lowest BCUT2D eigenvalue weighted by Crippen LogP contribution is -2.32. The summed E-state index contributed by atoms with van der Waals surface area (Å²) in [5.41, 5.74) is 3.14. The van der Waals surface area contributed by atoms with Crippen molar-refractivity contribution in [3.05, 3.63) is 36.0 Å². The maximum atomic E-state index is 4.33. The van der Waals surface area contributed by atoms with Crippen molar-refractivity contribution in [1.82, 2.24) is 20.7 Å². The van der Waals surface area contributed by atoms with Crippen LogP contribution in [0.5, 0.6) is 0 Å². The number of nitrogens with zero attached hydrogens (tertiary/aromatic N) is 2. The van der Waals surface area contributed by atoms with Gasteiger partial charge in [0.25, 0.3) is 0 Å². The standard InChI is InChI=1S/C16H20N4/c1-2-4-11(5-3-1)16-14(18-20-19-16)10-17-15(12-6-7-12)13-8-9-13/h1-5,12-13,15,17H,6-10H2,(H,18,19,20). The van der Waals surface area contributed by atoms with E-state index in [9.17, 15) is 0 Å². The molecule has 20 heavy (non-hydrogen) atoms. The van der Waals surface area contributed by atoms with Crippen LogP contribution in [0, 0.1) is 11.8 Å². The van der Waals surface area contributed by atoms with Gasteiger partial charge in [-0.05, 0) is 37.5 Å². The number of aromatic nitrogens is 3. The Hall–Kier alpha value is -1.68. The fourth-order valence-electron chi connectivity index (χ4n) is 3.05. The molecule has 1 aromatic heterocycles. The largest absolute Gasteiger partial charge is 0.308 e. The molecule has 0 atom stereocenters. The van der Waals surface area contributed by atoms with Gasteiger partial charge in [0.05, 0.1) is 0 Å². The Morgan fingerprint density at radius 2 is 1.75 bits per heavy atom. The van der Waals surface area contributed by atoms with Crippen LogP contribution in [0.25, 0.3) is 11.3 Å². The fraction of sp³-hybridized carbons (Fsp3) is 0.500. The molecule has 1 heterocycles. The first-order chi connectivity index (χ1) is 9.92. The Kier molecular flexibility index (Phi) is 3.03. The summed E-state index contributed by atoms with van der Waals surface area (Å²) in [5, 5.41) is 15.1. The van der Waals surface area contributed by atoms with Gasteiger partial charge in [-0.25, -0.2) is 0 Å². The van der Waals surface area contributed by atoms with Crippen molar-refractivity contribution in [3.8, 4) is 11.3 Å². The van der Waals surface area contributed by atoms with Crippen molar-refractivity contribution in [1.29, 1.82) is 0 Å². The summed E-state index contributed by atoms with van der Waals surface area (Å²) in [6.45, 7) is 0.818. The van der Waals surface area contributed by atoms with E-state index >= 15 is 0 Å². The zero-order valence-electron chi connectivity index (χ0n) is 11.5. The molecule has 0 aliphatic heterocycles. The van der Waals surface area contributed by atoms with Crippen LogP contribution in [0.4, 0.5) is 0 Å². The smallest absolute Gasteiger partial charge is 0.117 e. The van der Waals surface area contributed by atoms with Crippen LogP contribution < -0.4 is 5.32 Å². The van der Waals surface area contributed by atoms with Gasteiger partial charge in [-0.3, -0.25) is 0 Å². The van der Waals surface area contributed by atoms with Gasteiger partial charge < -0.3 is 5.32 Å². The molecule has 2 saturated carbocycles. The van der Waals surface area contributed by atoms with Crippen molar-refractivity contribution in [3.63, 3.8) is 0 Å². The van der Waals surface area contributed by atoms with Crippen LogP contribution in [0.15, 0.2) is 30.3 Å². The lowest BCUT2D eigenvalue weighted by molar-refractivity contribution is 0.413. The van der Waals surface area contributed by atoms with Gasteiger partial charge in [0.2, 0.25) is 0 Å². The van der Waals surface area contributed by atoms with Crippen molar-refractivity contribution in [2.75, 3.05) is 0 Å². The Morgan fingerprint density at radius 1 is 1.05 bits per heavy atom. The molecule has 0 saturated heterocycles. The molecule has 2 aliphatic carbocycles. The maximum Gasteiger partial charge on any atom is 0.117 e. The minimum atomic E-state index is 0.704. The van der Waals surface area contributed by atoms with Crippen molar-refractivity contribution in [2.45, 2.75) is 38.3 Å². The SMILES string of the molecule is c1ccc(-c2n[nH]nc2CNC(C2CC2)C2CC2)cc1. The molecule has 0 spiro atoms. The molecule has 4 rings (SSSR count). The second-order valence-electron chi connectivity index (χ2n) is 6.07. The van der Waals surface area contributed by atoms with E-state index in [1.54, 1.807) is 0 Å². The monoisotopic (exact) mass is 268 g/mol. The normalized spacial score (nSPS) is 18.6. The first-order valence-corrected chi connectivity index (χ1v) is 7.60. The summed E-state index contributed by atoms with van der Waals surface area (Å²) < 4.78 is 0. The van der Waals surface area contributed by atoms with Gasteiger partial charge in [0.1, 0.15) is 11.4 Å². The number of benzene rings is 1. The van der Waals surface area contributed by atoms with E-state index < -0.39 is 0 Å². The Bertz CT molecular complexity index is 557. The molecule has 2 N–H and O–H groups in total. The molecular formula is C16H20N4. The van der Waals surface area contributed by atoms with E-state index in [4.69, 9.17) is 0 Å². The topological polar surface area (TPSA) is 53.6 Å². The van der Waals surface area contributed by atoms with Crippen molar-refractivity contribution in [2.24, 2.45) is 11.8 Å². The number of rotatable bonds is 6. The first kappa shape index (κ1) is 12.1. The van der Waals surface area contributed by atoms with Crippen molar-refractivity contribution < 1.29 is 0 Å². The number of aromatic amines is 1. The first-order valence-electron chi connectivity index (χ1n) is 7.60. The van der Waals surface area contributed by atoms with E-state index in [1.807, 2.05) is 18.2 Å². The highest BCUT2D eigenvalue weighted by molar-refractivity contribution is 5.60. The van der Waals surface area contributed by atoms with Crippen LogP contribution in [-0.4, -0.2) is 21.5 Å². The number of hydrogen-bond acceptors (Lipinski definition) is 3. The molecule has 1 aromatic carbocycles. The summed E-state index contributed by atoms with van der Waals surface area (Å²) in [6.07, 6.45) is 5.61. The van der Waals surface area contributed by atoms with E-state index in [0.717, 1.165) is 35.3 Å². The predicted molar refractivity (Wildman–Crippen MR) is 77.9 cm³/mol. The summed E-state index contributed by atoms with van der Waals surface area (Å²) in [4.78, 5) is 0. The second-order valence-corrected chi connectivity index (χ2v) is 6.07. The molecule has 104 valence electrons. The van der Waals surface area contributed by atoms with Gasteiger partial charge in [0.15, 0.2) is 0 Å². The van der Waals surface area contributed by atoms with Crippen LogP contribution in [0.1, 0.15) is 31.4 Å². The minimum Gasteiger partial charge on any atom is -0.308 e. The average Bonchev–Trinajstić information content (AvgIpc) is 3.40. The lowest BCUT2D eigenvalue weighted by Gasteiger charge is -2.16. The molecule has 0 bridgehead atoms. The van der Waals surface area contributed by atoms with Gasteiger partial charge in [-0.2, -0.15) is 15.4 Å². The maximum absolute atomic E-state index is 4.33. The molecule has 2 aromatic rings. The van der Waals surface area contributed by atoms with E-state index in [0.29, 0.717) is 6.04 Å². The molecule has 0 amide bonds. The molecule has 2 aliphatic rings.